The van der Waals surface area contributed by atoms with E-state index in [-0.39, 0.29) is 17.4 Å². The maximum atomic E-state index is 11.8. The van der Waals surface area contributed by atoms with E-state index < -0.39 is 7.12 Å². The summed E-state index contributed by atoms with van der Waals surface area (Å²) in [5, 5.41) is 11.8. The molecule has 0 saturated carbocycles. The zero-order valence-corrected chi connectivity index (χ0v) is 9.11. The molecule has 86 valence electrons. The number of carbonyl (C=O) groups is 1. The third-order valence-electron chi connectivity index (χ3n) is 1.94. The van der Waals surface area contributed by atoms with Gasteiger partial charge in [0.05, 0.1) is 0 Å². The van der Waals surface area contributed by atoms with Gasteiger partial charge in [-0.1, -0.05) is 16.7 Å². The molecular weight excluding hydrogens is 212 g/mol. The van der Waals surface area contributed by atoms with E-state index in [0.717, 1.165) is 0 Å². The Morgan fingerprint density at radius 2 is 2.25 bits per heavy atom. The Balaban J connectivity index is 2.85. The molecule has 2 N–H and O–H groups in total. The zero-order chi connectivity index (χ0) is 12.1. The summed E-state index contributed by atoms with van der Waals surface area (Å²) in [4.78, 5) is 14.9. The second-order valence-corrected chi connectivity index (χ2v) is 3.70. The lowest BCUT2D eigenvalue weighted by molar-refractivity contribution is -0.0267. The Kier molecular flexibility index (Phi) is 4.45. The summed E-state index contributed by atoms with van der Waals surface area (Å²) in [6.07, 6.45) is 0. The number of nitrogens with one attached hydrogen (secondary N) is 1. The molecule has 0 fully saturated rings. The summed E-state index contributed by atoms with van der Waals surface area (Å²) in [7, 11) is -1.66. The predicted octanol–water partition coefficient (Wildman–Crippen LogP) is 0.413. The summed E-state index contributed by atoms with van der Waals surface area (Å²) in [6, 6.07) is 5.98. The molecule has 0 bridgehead atoms. The van der Waals surface area contributed by atoms with Crippen molar-refractivity contribution in [3.05, 3.63) is 29.8 Å². The van der Waals surface area contributed by atoms with Crippen molar-refractivity contribution < 1.29 is 19.2 Å². The number of carbonyl (C=O) groups excluding carboxylic acids is 1. The fourth-order valence-corrected chi connectivity index (χ4v) is 1.23. The monoisotopic (exact) mass is 225 g/mol. The van der Waals surface area contributed by atoms with Crippen molar-refractivity contribution in [1.82, 2.24) is 5.32 Å². The highest BCUT2D eigenvalue weighted by Gasteiger charge is 2.18. The first-order chi connectivity index (χ1) is 7.54. The summed E-state index contributed by atoms with van der Waals surface area (Å²) < 4.78 is 11.8. The van der Waals surface area contributed by atoms with Gasteiger partial charge in [-0.05, 0) is 31.4 Å². The quantitative estimate of drug-likeness (QED) is 0.729. The van der Waals surface area contributed by atoms with Gasteiger partial charge in [-0.2, -0.15) is 0 Å². The van der Waals surface area contributed by atoms with Crippen LogP contribution in [-0.4, -0.2) is 24.1 Å². The van der Waals surface area contributed by atoms with E-state index in [1.807, 2.05) is 13.8 Å². The second kappa shape index (κ2) is 5.62. The number of halogens is 1. The molecule has 0 saturated heterocycles. The highest BCUT2D eigenvalue weighted by Crippen LogP contribution is 1.99. The van der Waals surface area contributed by atoms with Crippen LogP contribution in [0, 0.1) is 0 Å². The Morgan fingerprint density at radius 3 is 2.81 bits per heavy atom. The summed E-state index contributed by atoms with van der Waals surface area (Å²) in [5.41, 5.74) is 0.543. The van der Waals surface area contributed by atoms with Gasteiger partial charge in [0.2, 0.25) is 0 Å². The van der Waals surface area contributed by atoms with Gasteiger partial charge in [0.15, 0.2) is 0 Å². The van der Waals surface area contributed by atoms with Crippen LogP contribution in [0.3, 0.4) is 0 Å². The van der Waals surface area contributed by atoms with Crippen LogP contribution in [-0.2, 0) is 4.86 Å². The Labute approximate surface area is 93.5 Å². The molecule has 0 unspecified atom stereocenters. The molecule has 6 heteroatoms. The van der Waals surface area contributed by atoms with Crippen molar-refractivity contribution in [2.75, 3.05) is 0 Å². The molecule has 0 aliphatic carbocycles. The highest BCUT2D eigenvalue weighted by atomic mass is 19.3. The van der Waals surface area contributed by atoms with Crippen molar-refractivity contribution >= 4 is 18.5 Å². The van der Waals surface area contributed by atoms with Crippen LogP contribution >= 0.6 is 0 Å². The maximum Gasteiger partial charge on any atom is 0.529 e. The number of hydrogen-bond acceptors (Lipinski definition) is 3. The first-order valence-corrected chi connectivity index (χ1v) is 4.91. The van der Waals surface area contributed by atoms with Crippen LogP contribution in [0.4, 0.5) is 4.53 Å². The zero-order valence-electron chi connectivity index (χ0n) is 9.11. The van der Waals surface area contributed by atoms with Gasteiger partial charge >= 0.3 is 7.12 Å². The minimum absolute atomic E-state index is 0.0125. The van der Waals surface area contributed by atoms with Gasteiger partial charge in [-0.15, -0.1) is 0 Å². The van der Waals surface area contributed by atoms with Crippen molar-refractivity contribution in [3.63, 3.8) is 0 Å². The van der Waals surface area contributed by atoms with E-state index in [2.05, 4.69) is 10.2 Å². The molecule has 1 amide bonds. The smallest absolute Gasteiger partial charge is 0.421 e. The second-order valence-electron chi connectivity index (χ2n) is 3.70. The summed E-state index contributed by atoms with van der Waals surface area (Å²) in [6.45, 7) is 3.67. The van der Waals surface area contributed by atoms with E-state index in [9.17, 15) is 9.32 Å². The lowest BCUT2D eigenvalue weighted by atomic mass is 9.79. The topological polar surface area (TPSA) is 58.6 Å². The SMILES string of the molecule is CC(C)NC(=O)c1cccc(B(O)OF)c1. The van der Waals surface area contributed by atoms with E-state index in [4.69, 9.17) is 5.02 Å². The molecule has 16 heavy (non-hydrogen) atoms. The fourth-order valence-electron chi connectivity index (χ4n) is 1.23. The van der Waals surface area contributed by atoms with Crippen LogP contribution < -0.4 is 10.8 Å². The molecular formula is C10H13BFNO3. The molecule has 0 radical (unpaired) electrons. The Morgan fingerprint density at radius 1 is 1.56 bits per heavy atom. The highest BCUT2D eigenvalue weighted by molar-refractivity contribution is 6.59. The van der Waals surface area contributed by atoms with Crippen LogP contribution in [0.5, 0.6) is 0 Å². The Hall–Kier alpha value is -1.40. The molecule has 4 nitrogen and oxygen atoms in total. The van der Waals surface area contributed by atoms with Gasteiger partial charge in [0.1, 0.15) is 0 Å². The molecule has 1 rings (SSSR count). The summed E-state index contributed by atoms with van der Waals surface area (Å²) in [5.74, 6) is -0.275. The minimum Gasteiger partial charge on any atom is -0.421 e. The maximum absolute atomic E-state index is 11.8. The van der Waals surface area contributed by atoms with Crippen LogP contribution in [0.15, 0.2) is 24.3 Å². The van der Waals surface area contributed by atoms with Crippen molar-refractivity contribution in [1.29, 1.82) is 0 Å². The van der Waals surface area contributed by atoms with E-state index >= 15 is 0 Å². The average molecular weight is 225 g/mol. The van der Waals surface area contributed by atoms with Crippen molar-refractivity contribution in [2.45, 2.75) is 19.9 Å². The first kappa shape index (κ1) is 12.7. The molecule has 0 spiro atoms. The molecule has 1 aromatic rings. The number of rotatable bonds is 4. The normalized spacial score (nSPS) is 10.3. The predicted molar refractivity (Wildman–Crippen MR) is 58.8 cm³/mol. The van der Waals surface area contributed by atoms with Crippen LogP contribution in [0.25, 0.3) is 0 Å². The van der Waals surface area contributed by atoms with Crippen molar-refractivity contribution in [3.8, 4) is 0 Å². The Bertz CT molecular complexity index is 373. The lowest BCUT2D eigenvalue weighted by Crippen LogP contribution is -2.34. The summed E-state index contributed by atoms with van der Waals surface area (Å²) >= 11 is 0. The standard InChI is InChI=1S/C10H13BFNO3/c1-7(2)13-10(14)8-4-3-5-9(6-8)11(15)16-12/h3-7,15H,1-2H3,(H,13,14). The number of amides is 1. The number of benzene rings is 1. The van der Waals surface area contributed by atoms with E-state index in [0.29, 0.717) is 5.56 Å². The molecule has 0 aromatic heterocycles. The van der Waals surface area contributed by atoms with Gasteiger partial charge in [-0.3, -0.25) is 4.79 Å². The number of hydrogen-bond donors (Lipinski definition) is 2. The minimum atomic E-state index is -1.66. The third kappa shape index (κ3) is 3.32. The van der Waals surface area contributed by atoms with E-state index in [1.54, 1.807) is 12.1 Å². The molecule has 0 aliphatic rings. The molecule has 0 aliphatic heterocycles. The average Bonchev–Trinajstić information content (AvgIpc) is 2.27. The van der Waals surface area contributed by atoms with Crippen molar-refractivity contribution in [2.24, 2.45) is 0 Å². The van der Waals surface area contributed by atoms with Crippen LogP contribution in [0.1, 0.15) is 24.2 Å². The molecule has 0 atom stereocenters. The van der Waals surface area contributed by atoms with Gasteiger partial charge in [-0.25, -0.2) is 4.86 Å². The fraction of sp³-hybridized carbons (Fsp3) is 0.300. The largest absolute Gasteiger partial charge is 0.529 e. The van der Waals surface area contributed by atoms with Gasteiger partial charge in [0.25, 0.3) is 5.91 Å². The third-order valence-corrected chi connectivity index (χ3v) is 1.94. The van der Waals surface area contributed by atoms with Gasteiger partial charge in [0, 0.05) is 11.6 Å². The molecule has 1 aromatic carbocycles. The van der Waals surface area contributed by atoms with Gasteiger partial charge < -0.3 is 10.3 Å². The molecule has 0 heterocycles. The lowest BCUT2D eigenvalue weighted by Gasteiger charge is -2.09. The van der Waals surface area contributed by atoms with Crippen LogP contribution in [0.2, 0.25) is 0 Å². The van der Waals surface area contributed by atoms with E-state index in [1.165, 1.54) is 12.1 Å². The first-order valence-electron chi connectivity index (χ1n) is 4.91.